The van der Waals surface area contributed by atoms with Crippen LogP contribution in [0, 0.1) is 6.92 Å². The fourth-order valence-electron chi connectivity index (χ4n) is 2.86. The minimum absolute atomic E-state index is 0.0110. The molecule has 1 aliphatic heterocycles. The normalized spacial score (nSPS) is 17.0. The van der Waals surface area contributed by atoms with Crippen molar-refractivity contribution in [1.82, 2.24) is 0 Å². The van der Waals surface area contributed by atoms with E-state index < -0.39 is 11.7 Å². The van der Waals surface area contributed by atoms with Gasteiger partial charge >= 0.3 is 6.18 Å². The van der Waals surface area contributed by atoms with Gasteiger partial charge < -0.3 is 10.1 Å². The number of aryl methyl sites for hydroxylation is 1. The zero-order chi connectivity index (χ0) is 15.9. The summed E-state index contributed by atoms with van der Waals surface area (Å²) in [5, 5.41) is 3.29. The molecule has 1 atom stereocenters. The van der Waals surface area contributed by atoms with Gasteiger partial charge in [-0.25, -0.2) is 0 Å². The lowest BCUT2D eigenvalue weighted by atomic mass is 10.00. The number of fused-ring (bicyclic) bond motifs is 1. The number of anilines is 1. The predicted octanol–water partition coefficient (Wildman–Crippen LogP) is 4.73. The third-order valence-electron chi connectivity index (χ3n) is 4.01. The van der Waals surface area contributed by atoms with E-state index in [1.54, 1.807) is 7.11 Å². The van der Waals surface area contributed by atoms with Crippen molar-refractivity contribution in [2.45, 2.75) is 25.6 Å². The lowest BCUT2D eigenvalue weighted by Crippen LogP contribution is -2.06. The first-order chi connectivity index (χ1) is 10.4. The summed E-state index contributed by atoms with van der Waals surface area (Å²) in [4.78, 5) is 0. The van der Waals surface area contributed by atoms with Crippen molar-refractivity contribution in [3.8, 4) is 5.75 Å². The van der Waals surface area contributed by atoms with Gasteiger partial charge in [0.1, 0.15) is 5.75 Å². The van der Waals surface area contributed by atoms with Crippen molar-refractivity contribution in [3.63, 3.8) is 0 Å². The second-order valence-corrected chi connectivity index (χ2v) is 5.50. The first kappa shape index (κ1) is 14.8. The third-order valence-corrected chi connectivity index (χ3v) is 4.01. The second kappa shape index (κ2) is 5.23. The predicted molar refractivity (Wildman–Crippen MR) is 79.2 cm³/mol. The average Bonchev–Trinajstić information content (AvgIpc) is 2.89. The summed E-state index contributed by atoms with van der Waals surface area (Å²) in [7, 11) is 1.62. The molecule has 1 aliphatic rings. The number of halogens is 3. The van der Waals surface area contributed by atoms with Crippen molar-refractivity contribution >= 4 is 5.69 Å². The molecule has 0 amide bonds. The molecular formula is C17H16F3NO. The van der Waals surface area contributed by atoms with Crippen LogP contribution in [-0.2, 0) is 12.6 Å². The van der Waals surface area contributed by atoms with E-state index in [1.807, 2.05) is 25.1 Å². The van der Waals surface area contributed by atoms with Crippen LogP contribution in [0.3, 0.4) is 0 Å². The van der Waals surface area contributed by atoms with E-state index in [0.717, 1.165) is 28.6 Å². The van der Waals surface area contributed by atoms with Crippen LogP contribution in [0.4, 0.5) is 18.9 Å². The summed E-state index contributed by atoms with van der Waals surface area (Å²) in [5.41, 5.74) is 2.93. The highest BCUT2D eigenvalue weighted by atomic mass is 19.4. The molecule has 3 rings (SSSR count). The fraction of sp³-hybridized carbons (Fsp3) is 0.294. The standard InChI is InChI=1S/C17H16F3NO/c1-10-7-11(3-6-16(10)22-2)15-9-12-8-13(17(18,19)20)4-5-14(12)21-15/h3-8,15,21H,9H2,1-2H3. The number of methoxy groups -OCH3 is 1. The van der Waals surface area contributed by atoms with Crippen LogP contribution in [0.1, 0.15) is 28.3 Å². The van der Waals surface area contributed by atoms with Gasteiger partial charge in [0.05, 0.1) is 18.7 Å². The Balaban J connectivity index is 1.87. The van der Waals surface area contributed by atoms with Crippen LogP contribution in [-0.4, -0.2) is 7.11 Å². The molecule has 1 heterocycles. The second-order valence-electron chi connectivity index (χ2n) is 5.50. The molecule has 2 nitrogen and oxygen atoms in total. The Bertz CT molecular complexity index is 710. The van der Waals surface area contributed by atoms with Crippen LogP contribution < -0.4 is 10.1 Å². The fourth-order valence-corrected chi connectivity index (χ4v) is 2.86. The van der Waals surface area contributed by atoms with E-state index in [9.17, 15) is 13.2 Å². The number of alkyl halides is 3. The topological polar surface area (TPSA) is 21.3 Å². The minimum atomic E-state index is -4.30. The van der Waals surface area contributed by atoms with Gasteiger partial charge in [0.15, 0.2) is 0 Å². The van der Waals surface area contributed by atoms with E-state index in [2.05, 4.69) is 5.32 Å². The maximum Gasteiger partial charge on any atom is 0.416 e. The van der Waals surface area contributed by atoms with Gasteiger partial charge in [0, 0.05) is 5.69 Å². The molecule has 116 valence electrons. The maximum atomic E-state index is 12.8. The summed E-state index contributed by atoms with van der Waals surface area (Å²) in [6, 6.07) is 9.69. The number of benzene rings is 2. The van der Waals surface area contributed by atoms with E-state index in [0.29, 0.717) is 12.0 Å². The molecular weight excluding hydrogens is 291 g/mol. The molecule has 0 saturated heterocycles. The largest absolute Gasteiger partial charge is 0.496 e. The van der Waals surface area contributed by atoms with Gasteiger partial charge in [-0.1, -0.05) is 12.1 Å². The van der Waals surface area contributed by atoms with Crippen LogP contribution in [0.25, 0.3) is 0 Å². The van der Waals surface area contributed by atoms with E-state index in [1.165, 1.54) is 12.1 Å². The number of rotatable bonds is 2. The van der Waals surface area contributed by atoms with Gasteiger partial charge in [0.25, 0.3) is 0 Å². The molecule has 0 spiro atoms. The zero-order valence-corrected chi connectivity index (χ0v) is 12.3. The van der Waals surface area contributed by atoms with Crippen molar-refractivity contribution in [1.29, 1.82) is 0 Å². The monoisotopic (exact) mass is 307 g/mol. The molecule has 0 aromatic heterocycles. The molecule has 2 aromatic rings. The first-order valence-electron chi connectivity index (χ1n) is 6.99. The Morgan fingerprint density at radius 1 is 1.14 bits per heavy atom. The van der Waals surface area contributed by atoms with Gasteiger partial charge in [-0.2, -0.15) is 13.2 Å². The summed E-state index contributed by atoms with van der Waals surface area (Å²) >= 11 is 0. The molecule has 0 saturated carbocycles. The highest BCUT2D eigenvalue weighted by molar-refractivity contribution is 5.60. The Morgan fingerprint density at radius 2 is 1.91 bits per heavy atom. The molecule has 0 fully saturated rings. The third kappa shape index (κ3) is 2.63. The summed E-state index contributed by atoms with van der Waals surface area (Å²) in [6.45, 7) is 1.95. The molecule has 1 unspecified atom stereocenters. The molecule has 5 heteroatoms. The Labute approximate surface area is 126 Å². The Hall–Kier alpha value is -2.17. The van der Waals surface area contributed by atoms with Crippen molar-refractivity contribution in [2.75, 3.05) is 12.4 Å². The summed E-state index contributed by atoms with van der Waals surface area (Å²) < 4.78 is 43.6. The van der Waals surface area contributed by atoms with Gasteiger partial charge in [0.2, 0.25) is 0 Å². The molecule has 0 radical (unpaired) electrons. The first-order valence-corrected chi connectivity index (χ1v) is 6.99. The van der Waals surface area contributed by atoms with Gasteiger partial charge in [-0.05, 0) is 54.3 Å². The SMILES string of the molecule is COc1ccc(C2Cc3cc(C(F)(F)F)ccc3N2)cc1C. The highest BCUT2D eigenvalue weighted by Crippen LogP contribution is 2.39. The Kier molecular flexibility index (Phi) is 3.51. The number of ether oxygens (including phenoxy) is 1. The zero-order valence-electron chi connectivity index (χ0n) is 12.3. The molecule has 0 aliphatic carbocycles. The van der Waals surface area contributed by atoms with E-state index in [-0.39, 0.29) is 6.04 Å². The number of hydrogen-bond acceptors (Lipinski definition) is 2. The molecule has 2 aromatic carbocycles. The molecule has 1 N–H and O–H groups in total. The van der Waals surface area contributed by atoms with Crippen molar-refractivity contribution in [3.05, 3.63) is 58.7 Å². The van der Waals surface area contributed by atoms with Crippen molar-refractivity contribution < 1.29 is 17.9 Å². The molecule has 0 bridgehead atoms. The highest BCUT2D eigenvalue weighted by Gasteiger charge is 2.32. The lowest BCUT2D eigenvalue weighted by molar-refractivity contribution is -0.137. The minimum Gasteiger partial charge on any atom is -0.496 e. The van der Waals surface area contributed by atoms with E-state index in [4.69, 9.17) is 4.74 Å². The van der Waals surface area contributed by atoms with E-state index >= 15 is 0 Å². The average molecular weight is 307 g/mol. The van der Waals surface area contributed by atoms with Crippen LogP contribution >= 0.6 is 0 Å². The smallest absolute Gasteiger partial charge is 0.416 e. The van der Waals surface area contributed by atoms with Crippen molar-refractivity contribution in [2.24, 2.45) is 0 Å². The Morgan fingerprint density at radius 3 is 2.55 bits per heavy atom. The van der Waals surface area contributed by atoms with Crippen LogP contribution in [0.2, 0.25) is 0 Å². The summed E-state index contributed by atoms with van der Waals surface area (Å²) in [6.07, 6.45) is -3.76. The van der Waals surface area contributed by atoms with Gasteiger partial charge in [-0.15, -0.1) is 0 Å². The van der Waals surface area contributed by atoms with Gasteiger partial charge in [-0.3, -0.25) is 0 Å². The number of nitrogens with one attached hydrogen (secondary N) is 1. The quantitative estimate of drug-likeness (QED) is 0.866. The van der Waals surface area contributed by atoms with Crippen LogP contribution in [0.5, 0.6) is 5.75 Å². The summed E-state index contributed by atoms with van der Waals surface area (Å²) in [5.74, 6) is 0.804. The lowest BCUT2D eigenvalue weighted by Gasteiger charge is -2.14. The molecule has 22 heavy (non-hydrogen) atoms. The maximum absolute atomic E-state index is 12.8. The van der Waals surface area contributed by atoms with Crippen LogP contribution in [0.15, 0.2) is 36.4 Å². The number of hydrogen-bond donors (Lipinski definition) is 1.